The summed E-state index contributed by atoms with van der Waals surface area (Å²) in [5.41, 5.74) is 0.477. The Balaban J connectivity index is 1.28. The number of likely N-dealkylation sites (tertiary alicyclic amines) is 1. The van der Waals surface area contributed by atoms with E-state index in [0.29, 0.717) is 62.2 Å². The van der Waals surface area contributed by atoms with Gasteiger partial charge in [0.05, 0.1) is 11.0 Å². The second-order valence-electron chi connectivity index (χ2n) is 12.5. The molecule has 2 aliphatic carbocycles. The second kappa shape index (κ2) is 12.9. The molecule has 2 saturated heterocycles. The number of halogens is 4. The summed E-state index contributed by atoms with van der Waals surface area (Å²) in [5, 5.41) is 7.69. The van der Waals surface area contributed by atoms with Gasteiger partial charge in [-0.05, 0) is 30.9 Å². The lowest BCUT2D eigenvalue weighted by molar-refractivity contribution is -0.134. The molecule has 4 aliphatic rings. The molecule has 6 nitrogen and oxygen atoms in total. The van der Waals surface area contributed by atoms with Crippen molar-refractivity contribution in [2.45, 2.75) is 69.4 Å². The summed E-state index contributed by atoms with van der Waals surface area (Å²) in [7, 11) is 0. The van der Waals surface area contributed by atoms with Crippen molar-refractivity contribution >= 4 is 35.0 Å². The molecule has 1 saturated carbocycles. The van der Waals surface area contributed by atoms with Crippen molar-refractivity contribution in [3.8, 4) is 0 Å². The number of benzene rings is 1. The van der Waals surface area contributed by atoms with Gasteiger partial charge in [-0.3, -0.25) is 14.9 Å². The molecule has 230 valence electrons. The van der Waals surface area contributed by atoms with Crippen molar-refractivity contribution in [3.63, 3.8) is 0 Å². The average molecular weight is 624 g/mol. The molecule has 3 fully saturated rings. The fraction of sp³-hybridized carbons (Fsp3) is 0.625. The van der Waals surface area contributed by atoms with Crippen LogP contribution in [0.4, 0.5) is 8.78 Å². The number of piperidine rings is 1. The van der Waals surface area contributed by atoms with Crippen LogP contribution >= 0.6 is 23.2 Å². The zero-order valence-electron chi connectivity index (χ0n) is 24.4. The lowest BCUT2D eigenvalue weighted by atomic mass is 9.89. The Kier molecular flexibility index (Phi) is 9.67. The number of rotatable bonds is 9. The van der Waals surface area contributed by atoms with Gasteiger partial charge >= 0.3 is 0 Å². The van der Waals surface area contributed by atoms with Gasteiger partial charge in [0, 0.05) is 80.9 Å². The van der Waals surface area contributed by atoms with Gasteiger partial charge in [-0.2, -0.15) is 0 Å². The standard InChI is InChI=1S/C32H42Cl2F2N4O2/c1-3-22(23-7-5-4-6-8-23)19-40-14-11-25(18-37-29(41)26-9-10-27(33)28(34)21(26)2)38-32(30(40)42)17-24(32)20-39-15-12-31(35,36)13-16-39/h4-10,21-22,24-26,38H,3,11-20H2,1-2H3,(H,37,41)/t21?,22-,24?,25+,26?,32?/m1/s1. The number of nitrogens with zero attached hydrogens (tertiary/aromatic N) is 2. The Morgan fingerprint density at radius 2 is 1.88 bits per heavy atom. The lowest BCUT2D eigenvalue weighted by Gasteiger charge is -2.33. The average Bonchev–Trinajstić information content (AvgIpc) is 3.70. The lowest BCUT2D eigenvalue weighted by Crippen LogP contribution is -2.54. The largest absolute Gasteiger partial charge is 0.354 e. The third-order valence-electron chi connectivity index (χ3n) is 9.70. The number of amides is 2. The van der Waals surface area contributed by atoms with Crippen LogP contribution in [-0.2, 0) is 9.59 Å². The molecule has 2 N–H and O–H groups in total. The first-order chi connectivity index (χ1) is 20.0. The van der Waals surface area contributed by atoms with Crippen LogP contribution in [0.1, 0.15) is 57.4 Å². The van der Waals surface area contributed by atoms with Gasteiger partial charge in [-0.15, -0.1) is 0 Å². The molecule has 0 aromatic heterocycles. The molecular formula is C32H42Cl2F2N4O2. The van der Waals surface area contributed by atoms with Crippen molar-refractivity contribution in [2.24, 2.45) is 17.8 Å². The zero-order valence-corrected chi connectivity index (χ0v) is 25.9. The molecule has 42 heavy (non-hydrogen) atoms. The van der Waals surface area contributed by atoms with Gasteiger partial charge in [0.1, 0.15) is 5.54 Å². The van der Waals surface area contributed by atoms with Crippen LogP contribution in [-0.4, -0.2) is 78.4 Å². The monoisotopic (exact) mass is 622 g/mol. The molecule has 0 bridgehead atoms. The molecular weight excluding hydrogens is 581 g/mol. The Bertz CT molecular complexity index is 1200. The van der Waals surface area contributed by atoms with Crippen molar-refractivity contribution in [3.05, 3.63) is 58.1 Å². The summed E-state index contributed by atoms with van der Waals surface area (Å²) < 4.78 is 27.6. The molecule has 6 atom stereocenters. The van der Waals surface area contributed by atoms with E-state index in [2.05, 4.69) is 34.6 Å². The molecule has 4 unspecified atom stereocenters. The summed E-state index contributed by atoms with van der Waals surface area (Å²) in [6, 6.07) is 10.2. The van der Waals surface area contributed by atoms with Gasteiger partial charge in [0.2, 0.25) is 11.8 Å². The molecule has 2 heterocycles. The quantitative estimate of drug-likeness (QED) is 0.382. The molecule has 2 amide bonds. The van der Waals surface area contributed by atoms with Crippen molar-refractivity contribution in [1.82, 2.24) is 20.4 Å². The predicted octanol–water partition coefficient (Wildman–Crippen LogP) is 5.49. The molecule has 10 heteroatoms. The number of allylic oxidation sites excluding steroid dienone is 3. The highest BCUT2D eigenvalue weighted by Gasteiger charge is 2.63. The fourth-order valence-electron chi connectivity index (χ4n) is 6.81. The van der Waals surface area contributed by atoms with E-state index in [9.17, 15) is 18.4 Å². The van der Waals surface area contributed by atoms with Crippen LogP contribution in [0, 0.1) is 17.8 Å². The van der Waals surface area contributed by atoms with E-state index in [1.54, 1.807) is 12.2 Å². The maximum atomic E-state index is 14.2. The Morgan fingerprint density at radius 1 is 1.17 bits per heavy atom. The smallest absolute Gasteiger partial charge is 0.250 e. The summed E-state index contributed by atoms with van der Waals surface area (Å²) in [6.07, 6.45) is 5.46. The first-order valence-corrected chi connectivity index (χ1v) is 16.0. The maximum absolute atomic E-state index is 14.2. The summed E-state index contributed by atoms with van der Waals surface area (Å²) in [6.45, 7) is 6.93. The van der Waals surface area contributed by atoms with E-state index in [-0.39, 0.29) is 48.5 Å². The van der Waals surface area contributed by atoms with Crippen molar-refractivity contribution in [2.75, 3.05) is 39.3 Å². The van der Waals surface area contributed by atoms with Crippen LogP contribution in [0.25, 0.3) is 0 Å². The minimum absolute atomic E-state index is 0.0414. The number of alkyl halides is 2. The van der Waals surface area contributed by atoms with Crippen molar-refractivity contribution in [1.29, 1.82) is 0 Å². The topological polar surface area (TPSA) is 64.7 Å². The number of hydrogen-bond acceptors (Lipinski definition) is 4. The summed E-state index contributed by atoms with van der Waals surface area (Å²) >= 11 is 12.5. The van der Waals surface area contributed by atoms with Crippen LogP contribution in [0.3, 0.4) is 0 Å². The highest BCUT2D eigenvalue weighted by molar-refractivity contribution is 6.40. The summed E-state index contributed by atoms with van der Waals surface area (Å²) in [4.78, 5) is 31.4. The predicted molar refractivity (Wildman–Crippen MR) is 163 cm³/mol. The van der Waals surface area contributed by atoms with Gasteiger partial charge in [0.15, 0.2) is 0 Å². The van der Waals surface area contributed by atoms with Crippen LogP contribution in [0.15, 0.2) is 52.5 Å². The van der Waals surface area contributed by atoms with Gasteiger partial charge in [0.25, 0.3) is 5.92 Å². The number of carbonyl (C=O) groups excluding carboxylic acids is 2. The minimum atomic E-state index is -2.60. The molecule has 1 aromatic rings. The van der Waals surface area contributed by atoms with Crippen LogP contribution in [0.5, 0.6) is 0 Å². The zero-order chi connectivity index (χ0) is 30.1. The normalized spacial score (nSPS) is 32.1. The van der Waals surface area contributed by atoms with Gasteiger partial charge < -0.3 is 15.1 Å². The molecule has 0 radical (unpaired) electrons. The molecule has 1 aromatic carbocycles. The van der Waals surface area contributed by atoms with Crippen LogP contribution < -0.4 is 10.6 Å². The Labute approximate surface area is 257 Å². The highest BCUT2D eigenvalue weighted by atomic mass is 35.5. The summed E-state index contributed by atoms with van der Waals surface area (Å²) in [5.74, 6) is -3.01. The highest BCUT2D eigenvalue weighted by Crippen LogP contribution is 2.48. The molecule has 2 aliphatic heterocycles. The van der Waals surface area contributed by atoms with E-state index in [1.807, 2.05) is 30.0 Å². The molecule has 1 spiro atoms. The second-order valence-corrected chi connectivity index (χ2v) is 13.4. The van der Waals surface area contributed by atoms with E-state index < -0.39 is 17.4 Å². The third-order valence-corrected chi connectivity index (χ3v) is 10.7. The van der Waals surface area contributed by atoms with Crippen LogP contribution in [0.2, 0.25) is 0 Å². The van der Waals surface area contributed by atoms with E-state index in [1.165, 1.54) is 5.56 Å². The van der Waals surface area contributed by atoms with E-state index in [4.69, 9.17) is 23.2 Å². The van der Waals surface area contributed by atoms with Gasteiger partial charge in [-0.25, -0.2) is 8.78 Å². The first kappa shape index (κ1) is 31.4. The fourth-order valence-corrected chi connectivity index (χ4v) is 7.25. The van der Waals surface area contributed by atoms with E-state index in [0.717, 1.165) is 6.42 Å². The number of nitrogens with one attached hydrogen (secondary N) is 2. The maximum Gasteiger partial charge on any atom is 0.250 e. The van der Waals surface area contributed by atoms with Gasteiger partial charge in [-0.1, -0.05) is 73.5 Å². The third kappa shape index (κ3) is 6.87. The Morgan fingerprint density at radius 3 is 2.57 bits per heavy atom. The minimum Gasteiger partial charge on any atom is -0.354 e. The van der Waals surface area contributed by atoms with Crippen molar-refractivity contribution < 1.29 is 18.4 Å². The molecule has 5 rings (SSSR count). The number of carbonyl (C=O) groups is 2. The van der Waals surface area contributed by atoms with E-state index >= 15 is 0 Å². The Hall–Kier alpha value is -2.00. The SMILES string of the molecule is CC[C@H](CN1CC[C@@H](CNC(=O)C2C=CC(Cl)=C(Cl)C2C)NC2(CC2CN2CCC(F)(F)CC2)C1=O)c1ccccc1. The number of hydrogen-bond donors (Lipinski definition) is 2. The first-order valence-electron chi connectivity index (χ1n) is 15.3.